The van der Waals surface area contributed by atoms with Gasteiger partial charge in [0, 0.05) is 35.9 Å². The number of aromatic amines is 2. The minimum Gasteiger partial charge on any atom is -0.493 e. The van der Waals surface area contributed by atoms with E-state index in [4.69, 9.17) is 16.4 Å². The lowest BCUT2D eigenvalue weighted by molar-refractivity contribution is -0.145. The van der Waals surface area contributed by atoms with E-state index in [1.54, 1.807) is 45.0 Å². The number of imidazole rings is 1. The zero-order valence-corrected chi connectivity index (χ0v) is 29.2. The fourth-order valence-corrected chi connectivity index (χ4v) is 6.36. The van der Waals surface area contributed by atoms with Crippen molar-refractivity contribution >= 4 is 46.7 Å². The summed E-state index contributed by atoms with van der Waals surface area (Å²) in [5, 5.41) is 18.6. The Bertz CT molecular complexity index is 1740. The molecule has 3 heterocycles. The number of amides is 4. The van der Waals surface area contributed by atoms with Crippen molar-refractivity contribution in [1.82, 2.24) is 36.3 Å². The molecule has 7 N–H and O–H groups in total. The molecule has 0 unspecified atom stereocenters. The largest absolute Gasteiger partial charge is 0.493 e. The number of likely N-dealkylation sites (tertiary alicyclic amines) is 1. The average molecular weight is 714 g/mol. The van der Waals surface area contributed by atoms with Crippen LogP contribution in [0.25, 0.3) is 5.70 Å². The highest BCUT2D eigenvalue weighted by atomic mass is 35.5. The molecule has 1 aliphatic carbocycles. The topological polar surface area (TPSA) is 215 Å². The second kappa shape index (κ2) is 14.7. The van der Waals surface area contributed by atoms with Crippen LogP contribution in [-0.2, 0) is 35.2 Å². The van der Waals surface area contributed by atoms with Gasteiger partial charge in [0.05, 0.1) is 24.0 Å². The van der Waals surface area contributed by atoms with Crippen LogP contribution in [0.4, 0.5) is 0 Å². The molecule has 15 nitrogen and oxygen atoms in total. The summed E-state index contributed by atoms with van der Waals surface area (Å²) >= 11 is 6.22. The smallest absolute Gasteiger partial charge is 0.325 e. The number of nitrogens with one attached hydrogen (secondary N) is 6. The first-order chi connectivity index (χ1) is 23.6. The number of benzene rings is 1. The van der Waals surface area contributed by atoms with Gasteiger partial charge in [-0.2, -0.15) is 0 Å². The molecule has 2 aliphatic heterocycles. The molecular weight excluding hydrogens is 670 g/mol. The lowest BCUT2D eigenvalue weighted by atomic mass is 9.85. The second-order valence-corrected chi connectivity index (χ2v) is 14.7. The summed E-state index contributed by atoms with van der Waals surface area (Å²) in [4.78, 5) is 91.1. The van der Waals surface area contributed by atoms with E-state index in [-0.39, 0.29) is 49.8 Å². The van der Waals surface area contributed by atoms with Gasteiger partial charge in [0.15, 0.2) is 0 Å². The van der Waals surface area contributed by atoms with Crippen molar-refractivity contribution in [2.75, 3.05) is 6.54 Å². The number of aryl methyl sites for hydroxylation is 1. The molecule has 1 saturated carbocycles. The zero-order valence-electron chi connectivity index (χ0n) is 28.5. The van der Waals surface area contributed by atoms with Crippen LogP contribution in [0.5, 0.6) is 5.88 Å². The monoisotopic (exact) mass is 713 g/mol. The first-order valence-corrected chi connectivity index (χ1v) is 17.1. The van der Waals surface area contributed by atoms with Crippen molar-refractivity contribution < 1.29 is 33.9 Å². The van der Waals surface area contributed by atoms with Crippen molar-refractivity contribution in [2.24, 2.45) is 5.41 Å². The van der Waals surface area contributed by atoms with Crippen molar-refractivity contribution in [2.45, 2.75) is 102 Å². The number of carbonyl (C=O) groups excluding carboxylic acids is 5. The van der Waals surface area contributed by atoms with Gasteiger partial charge in [-0.1, -0.05) is 57.8 Å². The zero-order chi connectivity index (χ0) is 36.4. The molecule has 2 aromatic rings. The molecule has 50 heavy (non-hydrogen) atoms. The predicted molar refractivity (Wildman–Crippen MR) is 182 cm³/mol. The molecule has 0 radical (unpaired) electrons. The molecule has 4 atom stereocenters. The number of Topliss-reactive ketones (excluding diaryl/α,β-unsaturated/α-hetero) is 1. The van der Waals surface area contributed by atoms with Gasteiger partial charge in [-0.25, -0.2) is 4.79 Å². The summed E-state index contributed by atoms with van der Waals surface area (Å²) in [6.45, 7) is 7.07. The summed E-state index contributed by atoms with van der Waals surface area (Å²) in [6, 6.07) is 3.69. The summed E-state index contributed by atoms with van der Waals surface area (Å²) in [5.41, 5.74) is 1.77. The lowest BCUT2D eigenvalue weighted by Gasteiger charge is -2.35. The lowest BCUT2D eigenvalue weighted by Crippen LogP contribution is -2.59. The number of nitrogens with zero attached hydrogens (tertiary/aromatic N) is 1. The molecule has 3 aliphatic rings. The SMILES string of the molecule is CCC[C@H](NC(=O)[C@@H]1C[C@]2(C=C(c3cccc(Cl)c3)NO2)CN1C(=O)[C@@H](NC(=O)CCc1[nH]c(=O)[nH]c1O)C(C)(C)C)C(=O)C(=O)NC1CC1. The summed E-state index contributed by atoms with van der Waals surface area (Å²) in [6.07, 6.45) is 3.96. The van der Waals surface area contributed by atoms with E-state index < -0.39 is 64.2 Å². The van der Waals surface area contributed by atoms with Crippen LogP contribution < -0.4 is 27.1 Å². The number of halogens is 1. The summed E-state index contributed by atoms with van der Waals surface area (Å²) in [5.74, 6) is -3.60. The van der Waals surface area contributed by atoms with E-state index in [1.807, 2.05) is 13.0 Å². The molecule has 1 aromatic carbocycles. The van der Waals surface area contributed by atoms with E-state index in [1.165, 1.54) is 4.90 Å². The van der Waals surface area contributed by atoms with E-state index in [0.29, 0.717) is 17.1 Å². The van der Waals surface area contributed by atoms with Gasteiger partial charge < -0.3 is 30.9 Å². The molecule has 0 bridgehead atoms. The number of rotatable bonds is 13. The third kappa shape index (κ3) is 8.56. The van der Waals surface area contributed by atoms with Crippen LogP contribution in [0, 0.1) is 5.41 Å². The molecule has 1 aromatic heterocycles. The van der Waals surface area contributed by atoms with Gasteiger partial charge >= 0.3 is 5.69 Å². The van der Waals surface area contributed by atoms with Crippen molar-refractivity contribution in [3.8, 4) is 5.88 Å². The Morgan fingerprint density at radius 2 is 1.88 bits per heavy atom. The Balaban J connectivity index is 1.40. The Kier molecular flexibility index (Phi) is 10.8. The molecule has 1 spiro atoms. The van der Waals surface area contributed by atoms with Crippen molar-refractivity contribution in [3.05, 3.63) is 57.1 Å². The van der Waals surface area contributed by atoms with Gasteiger partial charge in [0.1, 0.15) is 17.7 Å². The highest BCUT2D eigenvalue weighted by Gasteiger charge is 2.54. The fourth-order valence-electron chi connectivity index (χ4n) is 6.17. The van der Waals surface area contributed by atoms with Gasteiger partial charge in [-0.15, -0.1) is 0 Å². The van der Waals surface area contributed by atoms with E-state index in [2.05, 4.69) is 31.4 Å². The van der Waals surface area contributed by atoms with Crippen LogP contribution in [0.2, 0.25) is 5.02 Å². The number of aromatic nitrogens is 2. The number of carbonyl (C=O) groups is 5. The van der Waals surface area contributed by atoms with E-state index >= 15 is 0 Å². The molecule has 4 amide bonds. The van der Waals surface area contributed by atoms with Gasteiger partial charge in [-0.05, 0) is 42.9 Å². The number of H-pyrrole nitrogens is 2. The minimum absolute atomic E-state index is 0.00291. The summed E-state index contributed by atoms with van der Waals surface area (Å²) in [7, 11) is 0. The highest BCUT2D eigenvalue weighted by Crippen LogP contribution is 2.39. The Morgan fingerprint density at radius 3 is 2.50 bits per heavy atom. The normalized spacial score (nSPS) is 21.3. The number of hydroxylamine groups is 1. The third-order valence-electron chi connectivity index (χ3n) is 9.00. The molecular formula is C34H44ClN7O8. The number of hydrogen-bond donors (Lipinski definition) is 7. The summed E-state index contributed by atoms with van der Waals surface area (Å²) < 4.78 is 0. The fraction of sp³-hybridized carbons (Fsp3) is 0.529. The van der Waals surface area contributed by atoms with Crippen LogP contribution in [0.3, 0.4) is 0 Å². The van der Waals surface area contributed by atoms with Crippen molar-refractivity contribution in [1.29, 1.82) is 0 Å². The van der Waals surface area contributed by atoms with Crippen molar-refractivity contribution in [3.63, 3.8) is 0 Å². The standard InChI is InChI=1S/C34H44ClN7O8/c1-5-7-21(26(44)30(47)36-20-10-11-20)37-29(46)24-16-34(15-23(41-50-34)18-8-6-9-19(35)14-18)17-42(24)31(48)27(33(2,3)4)39-25(43)13-12-22-28(45)40-32(49)38-22/h6,8-9,14-15,20-21,24,27,41,45H,5,7,10-13,16-17H2,1-4H3,(H,36,47)(H,37,46)(H,39,43)(H2,38,40,49)/t21-,24-,27+,34+/m0/s1. The van der Waals surface area contributed by atoms with Crippen LogP contribution in [-0.4, -0.2) is 85.7 Å². The van der Waals surface area contributed by atoms with Gasteiger partial charge in [0.25, 0.3) is 5.91 Å². The van der Waals surface area contributed by atoms with Crippen LogP contribution in [0.15, 0.2) is 35.1 Å². The van der Waals surface area contributed by atoms with E-state index in [0.717, 1.165) is 18.4 Å². The Hall–Kier alpha value is -4.63. The Morgan fingerprint density at radius 1 is 1.14 bits per heavy atom. The first-order valence-electron chi connectivity index (χ1n) is 16.8. The predicted octanol–water partition coefficient (Wildman–Crippen LogP) is 1.57. The quantitative estimate of drug-likeness (QED) is 0.150. The minimum atomic E-state index is -1.16. The molecule has 16 heteroatoms. The second-order valence-electron chi connectivity index (χ2n) is 14.3. The maximum absolute atomic E-state index is 14.5. The number of hydrogen-bond acceptors (Lipinski definition) is 9. The van der Waals surface area contributed by atoms with Crippen LogP contribution >= 0.6 is 11.6 Å². The third-order valence-corrected chi connectivity index (χ3v) is 9.23. The first kappa shape index (κ1) is 36.6. The maximum Gasteiger partial charge on any atom is 0.325 e. The highest BCUT2D eigenvalue weighted by molar-refractivity contribution is 6.38. The van der Waals surface area contributed by atoms with E-state index in [9.17, 15) is 33.9 Å². The van der Waals surface area contributed by atoms with Crippen LogP contribution in [0.1, 0.15) is 77.5 Å². The van der Waals surface area contributed by atoms with Gasteiger partial charge in [-0.3, -0.25) is 39.3 Å². The Labute approximate surface area is 293 Å². The molecule has 5 rings (SSSR count). The molecule has 1 saturated heterocycles. The molecule has 270 valence electrons. The van der Waals surface area contributed by atoms with Gasteiger partial charge in [0.2, 0.25) is 29.4 Å². The maximum atomic E-state index is 14.5. The molecule has 2 fully saturated rings. The number of aromatic hydroxyl groups is 1. The average Bonchev–Trinajstić information content (AvgIpc) is 3.49. The number of ketones is 1.